The van der Waals surface area contributed by atoms with Crippen LogP contribution >= 0.6 is 0 Å². The summed E-state index contributed by atoms with van der Waals surface area (Å²) < 4.78 is 8.76. The van der Waals surface area contributed by atoms with Gasteiger partial charge in [0.2, 0.25) is 5.69 Å². The first-order chi connectivity index (χ1) is 15.5. The van der Waals surface area contributed by atoms with Gasteiger partial charge in [-0.1, -0.05) is 0 Å². The van der Waals surface area contributed by atoms with Crippen molar-refractivity contribution in [2.75, 3.05) is 11.9 Å². The van der Waals surface area contributed by atoms with Crippen LogP contribution in [0.15, 0.2) is 36.5 Å². The molecule has 1 aromatic carbocycles. The number of carbonyl (C=O) groups is 1. The van der Waals surface area contributed by atoms with Crippen molar-refractivity contribution in [2.45, 2.75) is 63.5 Å². The number of amides is 1. The molecular weight excluding hydrogens is 408 g/mol. The highest BCUT2D eigenvalue weighted by atomic mass is 16.5. The number of carbonyl (C=O) groups excluding carboxylic acids is 1. The fourth-order valence-corrected chi connectivity index (χ4v) is 4.52. The number of rotatable bonds is 6. The summed E-state index contributed by atoms with van der Waals surface area (Å²) in [6.07, 6.45) is 7.19. The lowest BCUT2D eigenvalue weighted by Gasteiger charge is -2.25. The molecule has 2 aromatic heterocycles. The van der Waals surface area contributed by atoms with Crippen molar-refractivity contribution in [3.63, 3.8) is 0 Å². The van der Waals surface area contributed by atoms with Gasteiger partial charge in [-0.3, -0.25) is 14.7 Å². The molecule has 2 aliphatic carbocycles. The highest BCUT2D eigenvalue weighted by molar-refractivity contribution is 6.04. The molecule has 3 aromatic rings. The van der Waals surface area contributed by atoms with Gasteiger partial charge < -0.3 is 15.2 Å². The molecule has 0 atom stereocenters. The van der Waals surface area contributed by atoms with E-state index in [1.165, 1.54) is 0 Å². The lowest BCUT2D eigenvalue weighted by atomic mass is 9.93. The summed E-state index contributed by atoms with van der Waals surface area (Å²) in [6, 6.07) is 9.23. The van der Waals surface area contributed by atoms with Crippen molar-refractivity contribution in [3.8, 4) is 5.75 Å². The highest BCUT2D eigenvalue weighted by Gasteiger charge is 2.35. The number of hydrogen-bond acceptors (Lipinski definition) is 5. The van der Waals surface area contributed by atoms with Crippen molar-refractivity contribution < 1.29 is 24.6 Å². The molecule has 3 N–H and O–H groups in total. The molecule has 8 nitrogen and oxygen atoms in total. The quantitative estimate of drug-likeness (QED) is 0.404. The van der Waals surface area contributed by atoms with Gasteiger partial charge in [0, 0.05) is 40.4 Å². The number of pyridine rings is 1. The number of aliphatic hydroxyl groups is 1. The second kappa shape index (κ2) is 8.43. The Morgan fingerprint density at radius 2 is 2.00 bits per heavy atom. The number of aliphatic hydroxyl groups excluding tert-OH is 1. The fourth-order valence-electron chi connectivity index (χ4n) is 4.52. The van der Waals surface area contributed by atoms with E-state index in [1.54, 1.807) is 12.1 Å². The van der Waals surface area contributed by atoms with Crippen LogP contribution in [0.1, 0.15) is 73.6 Å². The zero-order chi connectivity index (χ0) is 22.2. The number of nitrogens with one attached hydrogen (secondary N) is 1. The molecule has 2 saturated carbocycles. The largest absolute Gasteiger partial charge is 0.492 e. The number of fused-ring (bicyclic) bond motifs is 1. The van der Waals surface area contributed by atoms with Crippen molar-refractivity contribution in [1.29, 1.82) is 0 Å². The van der Waals surface area contributed by atoms with E-state index >= 15 is 0 Å². The van der Waals surface area contributed by atoms with Gasteiger partial charge in [-0.2, -0.15) is 5.10 Å². The minimum absolute atomic E-state index is 0.188. The van der Waals surface area contributed by atoms with Crippen molar-refractivity contribution in [3.05, 3.63) is 47.9 Å². The molecule has 0 radical (unpaired) electrons. The molecule has 2 fully saturated rings. The third kappa shape index (κ3) is 4.02. The zero-order valence-corrected chi connectivity index (χ0v) is 18.2. The van der Waals surface area contributed by atoms with Crippen molar-refractivity contribution in [2.24, 2.45) is 0 Å². The van der Waals surface area contributed by atoms with E-state index in [0.717, 1.165) is 59.9 Å². The Morgan fingerprint density at radius 3 is 2.72 bits per heavy atom. The predicted molar refractivity (Wildman–Crippen MR) is 118 cm³/mol. The highest BCUT2D eigenvalue weighted by Crippen LogP contribution is 2.38. The van der Waals surface area contributed by atoms with Crippen molar-refractivity contribution >= 4 is 22.5 Å². The van der Waals surface area contributed by atoms with Crippen LogP contribution in [0.4, 0.5) is 5.69 Å². The van der Waals surface area contributed by atoms with Gasteiger partial charge in [-0.25, -0.2) is 0 Å². The number of aromatic nitrogens is 3. The Labute approximate surface area is 186 Å². The van der Waals surface area contributed by atoms with Crippen LogP contribution in [-0.2, 0) is 0 Å². The summed E-state index contributed by atoms with van der Waals surface area (Å²) in [5, 5.41) is 28.9. The molecular formula is C24H29N4O4+. The Kier molecular flexibility index (Phi) is 5.46. The van der Waals surface area contributed by atoms with Crippen molar-refractivity contribution in [1.82, 2.24) is 9.78 Å². The molecule has 0 aliphatic heterocycles. The summed E-state index contributed by atoms with van der Waals surface area (Å²) in [6.45, 7) is 2.34. The molecule has 32 heavy (non-hydrogen) atoms. The maximum atomic E-state index is 13.0. The number of nitrogens with zero attached hydrogens (tertiary/aromatic N) is 3. The minimum Gasteiger partial charge on any atom is -0.492 e. The molecule has 2 aliphatic rings. The van der Waals surface area contributed by atoms with Gasteiger partial charge in [0.1, 0.15) is 5.75 Å². The lowest BCUT2D eigenvalue weighted by Crippen LogP contribution is -2.43. The maximum Gasteiger partial charge on any atom is 0.325 e. The van der Waals surface area contributed by atoms with Crippen LogP contribution in [-0.4, -0.2) is 38.7 Å². The second-order valence-corrected chi connectivity index (χ2v) is 8.79. The number of ether oxygens (including phenoxy) is 1. The van der Waals surface area contributed by atoms with Crippen LogP contribution < -0.4 is 14.8 Å². The van der Waals surface area contributed by atoms with Gasteiger partial charge in [0.05, 0.1) is 30.0 Å². The van der Waals surface area contributed by atoms with E-state index in [2.05, 4.69) is 5.32 Å². The molecule has 1 amide bonds. The maximum absolute atomic E-state index is 13.0. The molecule has 8 heteroatoms. The van der Waals surface area contributed by atoms with Crippen LogP contribution in [0, 0.1) is 0 Å². The van der Waals surface area contributed by atoms with E-state index in [1.807, 2.05) is 36.0 Å². The Bertz CT molecular complexity index is 1150. The van der Waals surface area contributed by atoms with Crippen LogP contribution in [0.3, 0.4) is 0 Å². The standard InChI is InChI=1S/C24H28N4O4/c1-2-32-23-13-19-16(14-27(26-19)17-8-10-18(29)11-9-17)12-20(23)25-24(30)22-5-3-4-21(28(22)31)15-6-7-15/h3-5,12-15,17-18,29H,2,6-11H2,1H3,(H-,25,30,31)/p+1/t17-,18-. The molecule has 0 saturated heterocycles. The Hall–Kier alpha value is -3.13. The average Bonchev–Trinajstić information content (AvgIpc) is 3.54. The molecule has 2 heterocycles. The van der Waals surface area contributed by atoms with E-state index in [0.29, 0.717) is 24.0 Å². The third-order valence-electron chi connectivity index (χ3n) is 6.43. The van der Waals surface area contributed by atoms with Crippen LogP contribution in [0.5, 0.6) is 5.75 Å². The van der Waals surface area contributed by atoms with E-state index in [9.17, 15) is 15.1 Å². The molecule has 5 rings (SSSR count). The smallest absolute Gasteiger partial charge is 0.325 e. The van der Waals surface area contributed by atoms with Gasteiger partial charge in [0.25, 0.3) is 0 Å². The normalized spacial score (nSPS) is 20.9. The second-order valence-electron chi connectivity index (χ2n) is 8.79. The Balaban J connectivity index is 1.44. The van der Waals surface area contributed by atoms with Crippen LogP contribution in [0.2, 0.25) is 0 Å². The van der Waals surface area contributed by atoms with Crippen LogP contribution in [0.25, 0.3) is 10.9 Å². The van der Waals surface area contributed by atoms with E-state index in [-0.39, 0.29) is 17.8 Å². The van der Waals surface area contributed by atoms with Gasteiger partial charge in [0.15, 0.2) is 0 Å². The van der Waals surface area contributed by atoms with Gasteiger partial charge in [-0.15, -0.1) is 0 Å². The molecule has 0 unspecified atom stereocenters. The first-order valence-corrected chi connectivity index (χ1v) is 11.4. The lowest BCUT2D eigenvalue weighted by molar-refractivity contribution is -0.910. The molecule has 168 valence electrons. The van der Waals surface area contributed by atoms with Gasteiger partial charge in [-0.05, 0) is 57.6 Å². The van der Waals surface area contributed by atoms with E-state index < -0.39 is 5.91 Å². The number of anilines is 1. The zero-order valence-electron chi connectivity index (χ0n) is 18.2. The summed E-state index contributed by atoms with van der Waals surface area (Å²) in [4.78, 5) is 13.0. The third-order valence-corrected chi connectivity index (χ3v) is 6.43. The first-order valence-electron chi connectivity index (χ1n) is 11.4. The average molecular weight is 438 g/mol. The topological polar surface area (TPSA) is 100 Å². The summed E-state index contributed by atoms with van der Waals surface area (Å²) >= 11 is 0. The summed E-state index contributed by atoms with van der Waals surface area (Å²) in [5.74, 6) is 0.458. The number of benzene rings is 1. The Morgan fingerprint density at radius 1 is 1.22 bits per heavy atom. The SMILES string of the molecule is CCOc1cc2nn([C@H]3CC[C@H](O)CC3)cc2cc1NC(=O)c1cccc(C2CC2)[n+]1O. The molecule has 0 spiro atoms. The minimum atomic E-state index is -0.399. The molecule has 0 bridgehead atoms. The number of hydrogen-bond donors (Lipinski definition) is 3. The van der Waals surface area contributed by atoms with Gasteiger partial charge >= 0.3 is 11.6 Å². The monoisotopic (exact) mass is 437 g/mol. The predicted octanol–water partition coefficient (Wildman–Crippen LogP) is 3.57. The summed E-state index contributed by atoms with van der Waals surface area (Å²) in [7, 11) is 0. The summed E-state index contributed by atoms with van der Waals surface area (Å²) in [5.41, 5.74) is 2.29. The first kappa shape index (κ1) is 20.8. The van der Waals surface area contributed by atoms with E-state index in [4.69, 9.17) is 9.84 Å². The fraction of sp³-hybridized carbons (Fsp3) is 0.458.